The Morgan fingerprint density at radius 1 is 1.30 bits per heavy atom. The molecule has 0 spiro atoms. The number of fused-ring (bicyclic) bond motifs is 5. The number of allylic oxidation sites excluding steroid dienone is 4. The molecule has 0 aromatic rings. The van der Waals surface area contributed by atoms with Crippen LogP contribution in [0.25, 0.3) is 0 Å². The van der Waals surface area contributed by atoms with Crippen molar-refractivity contribution in [3.8, 4) is 0 Å². The van der Waals surface area contributed by atoms with Crippen molar-refractivity contribution in [3.05, 3.63) is 23.8 Å². The Kier molecular flexibility index (Phi) is 4.90. The van der Waals surface area contributed by atoms with Crippen molar-refractivity contribution in [1.82, 2.24) is 0 Å². The van der Waals surface area contributed by atoms with Crippen molar-refractivity contribution in [2.75, 3.05) is 6.61 Å². The van der Waals surface area contributed by atoms with E-state index in [4.69, 9.17) is 4.74 Å². The van der Waals surface area contributed by atoms with Crippen LogP contribution in [0.4, 0.5) is 0 Å². The minimum atomic E-state index is -1.61. The smallest absolute Gasteiger partial charge is 0.303 e. The van der Waals surface area contributed by atoms with Gasteiger partial charge < -0.3 is 14.9 Å². The van der Waals surface area contributed by atoms with Gasteiger partial charge in [-0.05, 0) is 55.6 Å². The summed E-state index contributed by atoms with van der Waals surface area (Å²) in [6.45, 7) is 6.94. The quantitative estimate of drug-likeness (QED) is 0.685. The predicted octanol–water partition coefficient (Wildman–Crippen LogP) is 2.37. The second-order valence-corrected chi connectivity index (χ2v) is 10.3. The number of ketones is 2. The Morgan fingerprint density at radius 2 is 2.00 bits per heavy atom. The largest absolute Gasteiger partial charge is 0.458 e. The number of ether oxygens (including phenoxy) is 1. The highest BCUT2D eigenvalue weighted by atomic mass is 16.5. The van der Waals surface area contributed by atoms with Crippen LogP contribution >= 0.6 is 0 Å². The molecule has 0 saturated heterocycles. The summed E-state index contributed by atoms with van der Waals surface area (Å²) in [6.07, 6.45) is 6.71. The predicted molar refractivity (Wildman–Crippen MR) is 109 cm³/mol. The summed E-state index contributed by atoms with van der Waals surface area (Å²) >= 11 is 0. The lowest BCUT2D eigenvalue weighted by molar-refractivity contribution is -0.182. The summed E-state index contributed by atoms with van der Waals surface area (Å²) in [4.78, 5) is 36.1. The van der Waals surface area contributed by atoms with Gasteiger partial charge in [0.1, 0.15) is 5.60 Å². The van der Waals surface area contributed by atoms with Crippen molar-refractivity contribution in [1.29, 1.82) is 0 Å². The first kappa shape index (κ1) is 21.4. The number of esters is 1. The molecule has 0 heterocycles. The molecule has 2 N–H and O–H groups in total. The molecule has 0 bridgehead atoms. The second kappa shape index (κ2) is 6.86. The van der Waals surface area contributed by atoms with Crippen LogP contribution in [0.5, 0.6) is 0 Å². The summed E-state index contributed by atoms with van der Waals surface area (Å²) in [7, 11) is 0. The van der Waals surface area contributed by atoms with E-state index in [0.29, 0.717) is 19.3 Å². The van der Waals surface area contributed by atoms with Gasteiger partial charge in [0.2, 0.25) is 5.78 Å². The number of carbonyl (C=O) groups is 3. The van der Waals surface area contributed by atoms with E-state index in [-0.39, 0.29) is 29.5 Å². The lowest BCUT2D eigenvalue weighted by atomic mass is 9.45. The lowest BCUT2D eigenvalue weighted by Gasteiger charge is -2.60. The number of carbonyl (C=O) groups excluding carboxylic acids is 3. The Balaban J connectivity index is 1.70. The van der Waals surface area contributed by atoms with Crippen molar-refractivity contribution < 1.29 is 29.3 Å². The highest BCUT2D eigenvalue weighted by Crippen LogP contribution is 2.67. The van der Waals surface area contributed by atoms with Gasteiger partial charge in [0, 0.05) is 23.7 Å². The molecule has 8 atom stereocenters. The average molecular weight is 417 g/mol. The van der Waals surface area contributed by atoms with Crippen molar-refractivity contribution in [2.45, 2.75) is 65.1 Å². The molecule has 3 fully saturated rings. The van der Waals surface area contributed by atoms with Gasteiger partial charge in [0.15, 0.2) is 12.4 Å². The van der Waals surface area contributed by atoms with E-state index < -0.39 is 40.9 Å². The van der Waals surface area contributed by atoms with E-state index in [9.17, 15) is 24.6 Å². The summed E-state index contributed by atoms with van der Waals surface area (Å²) < 4.78 is 4.89. The van der Waals surface area contributed by atoms with E-state index in [0.717, 1.165) is 12.0 Å². The van der Waals surface area contributed by atoms with Crippen LogP contribution in [0.15, 0.2) is 23.8 Å². The number of hydrogen-bond acceptors (Lipinski definition) is 6. The number of hydrogen-bond donors (Lipinski definition) is 2. The SMILES string of the molecule is CC(=O)OCC(=O)[C@]1(O)CC[C@@H]2[C@H]3C[C@H](C)C4=CC(=O)C=C[C@]4(C)[C@@H]3[C@@H](O)C[C@@]21C. The van der Waals surface area contributed by atoms with Gasteiger partial charge in [-0.25, -0.2) is 0 Å². The lowest BCUT2D eigenvalue weighted by Crippen LogP contribution is -2.62. The minimum Gasteiger partial charge on any atom is -0.458 e. The van der Waals surface area contributed by atoms with Gasteiger partial charge >= 0.3 is 5.97 Å². The van der Waals surface area contributed by atoms with Gasteiger partial charge in [-0.3, -0.25) is 14.4 Å². The highest BCUT2D eigenvalue weighted by molar-refractivity contribution is 6.01. The van der Waals surface area contributed by atoms with E-state index in [1.807, 2.05) is 13.0 Å². The zero-order chi connectivity index (χ0) is 22.1. The Morgan fingerprint density at radius 3 is 2.67 bits per heavy atom. The third-order valence-corrected chi connectivity index (χ3v) is 8.84. The number of aliphatic hydroxyl groups excluding tert-OH is 1. The molecule has 4 aliphatic carbocycles. The van der Waals surface area contributed by atoms with Gasteiger partial charge in [-0.2, -0.15) is 0 Å². The molecule has 0 aromatic heterocycles. The van der Waals surface area contributed by atoms with Crippen LogP contribution in [0.3, 0.4) is 0 Å². The molecule has 4 rings (SSSR count). The second-order valence-electron chi connectivity index (χ2n) is 10.3. The zero-order valence-electron chi connectivity index (χ0n) is 18.2. The Labute approximate surface area is 177 Å². The van der Waals surface area contributed by atoms with Crippen molar-refractivity contribution in [3.63, 3.8) is 0 Å². The molecular weight excluding hydrogens is 384 g/mol. The monoisotopic (exact) mass is 416 g/mol. The molecule has 3 saturated carbocycles. The van der Waals surface area contributed by atoms with E-state index in [1.54, 1.807) is 12.2 Å². The molecule has 30 heavy (non-hydrogen) atoms. The summed E-state index contributed by atoms with van der Waals surface area (Å²) in [5, 5.41) is 22.9. The average Bonchev–Trinajstić information content (AvgIpc) is 2.93. The van der Waals surface area contributed by atoms with Crippen LogP contribution < -0.4 is 0 Å². The first-order valence-corrected chi connectivity index (χ1v) is 11.0. The summed E-state index contributed by atoms with van der Waals surface area (Å²) in [5.41, 5.74) is -1.72. The van der Waals surface area contributed by atoms with Crippen LogP contribution in [0.2, 0.25) is 0 Å². The maximum absolute atomic E-state index is 12.9. The number of aliphatic hydroxyl groups is 2. The third-order valence-electron chi connectivity index (χ3n) is 8.84. The zero-order valence-corrected chi connectivity index (χ0v) is 18.2. The van der Waals surface area contributed by atoms with Crippen LogP contribution in [0.1, 0.15) is 53.4 Å². The maximum Gasteiger partial charge on any atom is 0.303 e. The van der Waals surface area contributed by atoms with Gasteiger partial charge in [-0.1, -0.05) is 32.4 Å². The third kappa shape index (κ3) is 2.79. The molecule has 164 valence electrons. The first-order valence-electron chi connectivity index (χ1n) is 11.0. The maximum atomic E-state index is 12.9. The number of Topliss-reactive ketones (excluding diaryl/α,β-unsaturated/α-hetero) is 1. The van der Waals surface area contributed by atoms with Crippen molar-refractivity contribution >= 4 is 17.5 Å². The topological polar surface area (TPSA) is 101 Å². The van der Waals surface area contributed by atoms with Crippen LogP contribution in [0, 0.1) is 34.5 Å². The normalized spacial score (nSPS) is 47.1. The van der Waals surface area contributed by atoms with Gasteiger partial charge in [0.25, 0.3) is 0 Å². The minimum absolute atomic E-state index is 0.00535. The van der Waals surface area contributed by atoms with Gasteiger partial charge in [-0.15, -0.1) is 0 Å². The fourth-order valence-electron chi connectivity index (χ4n) is 7.50. The fourth-order valence-corrected chi connectivity index (χ4v) is 7.50. The molecule has 0 unspecified atom stereocenters. The summed E-state index contributed by atoms with van der Waals surface area (Å²) in [6, 6.07) is 0. The summed E-state index contributed by atoms with van der Waals surface area (Å²) in [5.74, 6) is -0.712. The molecule has 6 heteroatoms. The van der Waals surface area contributed by atoms with Crippen LogP contribution in [-0.2, 0) is 19.1 Å². The fraction of sp³-hybridized carbons (Fsp3) is 0.708. The number of rotatable bonds is 3. The van der Waals surface area contributed by atoms with Gasteiger partial charge in [0.05, 0.1) is 6.10 Å². The molecule has 0 aliphatic heterocycles. The molecule has 6 nitrogen and oxygen atoms in total. The molecule has 0 amide bonds. The molecule has 0 radical (unpaired) electrons. The Hall–Kier alpha value is -1.79. The van der Waals surface area contributed by atoms with E-state index in [2.05, 4.69) is 13.8 Å². The van der Waals surface area contributed by atoms with E-state index in [1.165, 1.54) is 6.92 Å². The standard InChI is InChI=1S/C24H32O6/c1-13-9-16-17-6-8-24(29,20(28)12-30-14(2)25)23(17,4)11-19(27)21(16)22(3)7-5-15(26)10-18(13)22/h5,7,10,13,16-17,19,21,27,29H,6,8-9,11-12H2,1-4H3/t13-,16+,17+,19-,21-,22-,23-,24+/m0/s1. The highest BCUT2D eigenvalue weighted by Gasteiger charge is 2.68. The molecular formula is C24H32O6. The first-order chi connectivity index (χ1) is 13.9. The Bertz CT molecular complexity index is 858. The molecule has 4 aliphatic rings. The van der Waals surface area contributed by atoms with Crippen molar-refractivity contribution in [2.24, 2.45) is 34.5 Å². The van der Waals surface area contributed by atoms with E-state index >= 15 is 0 Å². The molecule has 0 aromatic carbocycles. The van der Waals surface area contributed by atoms with Crippen LogP contribution in [-0.4, -0.2) is 46.1 Å².